The van der Waals surface area contributed by atoms with E-state index in [1.54, 1.807) is 24.5 Å². The highest BCUT2D eigenvalue weighted by Crippen LogP contribution is 2.30. The number of carboxylic acids is 1. The van der Waals surface area contributed by atoms with Crippen LogP contribution < -0.4 is 5.32 Å². The predicted molar refractivity (Wildman–Crippen MR) is 119 cm³/mol. The van der Waals surface area contributed by atoms with Gasteiger partial charge < -0.3 is 15.5 Å². The number of amides is 1. The zero-order valence-corrected chi connectivity index (χ0v) is 17.5. The summed E-state index contributed by atoms with van der Waals surface area (Å²) < 4.78 is 0. The minimum Gasteiger partial charge on any atom is -0.479 e. The highest BCUT2D eigenvalue weighted by molar-refractivity contribution is 5.96. The molecule has 2 atom stereocenters. The van der Waals surface area contributed by atoms with Gasteiger partial charge in [0.15, 0.2) is 6.10 Å². The monoisotopic (exact) mass is 418 g/mol. The number of carbonyl (C=O) groups is 2. The Kier molecular flexibility index (Phi) is 7.15. The van der Waals surface area contributed by atoms with Crippen molar-refractivity contribution in [2.75, 3.05) is 0 Å². The Morgan fingerprint density at radius 3 is 2.29 bits per heavy atom. The van der Waals surface area contributed by atoms with E-state index in [4.69, 9.17) is 0 Å². The van der Waals surface area contributed by atoms with Crippen LogP contribution in [0.1, 0.15) is 41.3 Å². The second kappa shape index (κ2) is 10.00. The first kappa shape index (κ1) is 22.2. The van der Waals surface area contributed by atoms with Crippen LogP contribution >= 0.6 is 0 Å². The quantitative estimate of drug-likeness (QED) is 0.518. The minimum absolute atomic E-state index is 0.196. The summed E-state index contributed by atoms with van der Waals surface area (Å²) in [4.78, 5) is 28.5. The minimum atomic E-state index is -1.72. The third-order valence-electron chi connectivity index (χ3n) is 5.18. The van der Waals surface area contributed by atoms with E-state index in [0.29, 0.717) is 5.56 Å². The molecule has 0 spiro atoms. The Labute approximate surface area is 181 Å². The van der Waals surface area contributed by atoms with Crippen molar-refractivity contribution in [3.63, 3.8) is 0 Å². The highest BCUT2D eigenvalue weighted by atomic mass is 16.4. The van der Waals surface area contributed by atoms with Gasteiger partial charge in [-0.05, 0) is 58.9 Å². The molecule has 0 saturated carbocycles. The van der Waals surface area contributed by atoms with E-state index in [1.807, 2.05) is 48.5 Å². The van der Waals surface area contributed by atoms with Crippen molar-refractivity contribution in [1.29, 1.82) is 0 Å². The molecule has 0 radical (unpaired) electrons. The fourth-order valence-electron chi connectivity index (χ4n) is 3.52. The van der Waals surface area contributed by atoms with Crippen molar-refractivity contribution in [3.05, 3.63) is 89.7 Å². The molecular formula is C25H26N2O4. The standard InChI is InChI=1S/C25H26N2O4/c1-16(2)20-9-8-19(15-21(20)18-10-12-26-13-11-18)24(29)27-22(23(28)25(30)31)14-17-6-4-3-5-7-17/h3-13,15-16,22-23,28H,14H2,1-2H3,(H,27,29)(H,30,31)/t22-,23?/m1/s1. The lowest BCUT2D eigenvalue weighted by Gasteiger charge is -2.22. The number of nitrogens with one attached hydrogen (secondary N) is 1. The lowest BCUT2D eigenvalue weighted by atomic mass is 9.91. The molecular weight excluding hydrogens is 392 g/mol. The number of rotatable bonds is 8. The molecule has 6 nitrogen and oxygen atoms in total. The molecule has 3 rings (SSSR count). The van der Waals surface area contributed by atoms with Gasteiger partial charge in [-0.2, -0.15) is 0 Å². The van der Waals surface area contributed by atoms with Gasteiger partial charge in [-0.25, -0.2) is 4.79 Å². The number of pyridine rings is 1. The number of carboxylic acid groups (broad SMARTS) is 1. The summed E-state index contributed by atoms with van der Waals surface area (Å²) in [6, 6.07) is 17.4. The van der Waals surface area contributed by atoms with Crippen LogP contribution in [0.5, 0.6) is 0 Å². The fraction of sp³-hybridized carbons (Fsp3) is 0.240. The third kappa shape index (κ3) is 5.55. The smallest absolute Gasteiger partial charge is 0.334 e. The van der Waals surface area contributed by atoms with Crippen LogP contribution in [-0.4, -0.2) is 39.2 Å². The van der Waals surface area contributed by atoms with Crippen LogP contribution in [0.3, 0.4) is 0 Å². The van der Waals surface area contributed by atoms with E-state index in [9.17, 15) is 19.8 Å². The summed E-state index contributed by atoms with van der Waals surface area (Å²) in [6.45, 7) is 4.16. The molecule has 160 valence electrons. The molecule has 6 heteroatoms. The fourth-order valence-corrected chi connectivity index (χ4v) is 3.52. The second-order valence-electron chi connectivity index (χ2n) is 7.75. The Bertz CT molecular complexity index is 1040. The summed E-state index contributed by atoms with van der Waals surface area (Å²) in [6.07, 6.45) is 1.87. The molecule has 1 heterocycles. The van der Waals surface area contributed by atoms with Crippen molar-refractivity contribution in [2.24, 2.45) is 0 Å². The van der Waals surface area contributed by atoms with Gasteiger partial charge in [0.2, 0.25) is 0 Å². The van der Waals surface area contributed by atoms with Crippen LogP contribution in [0.4, 0.5) is 0 Å². The van der Waals surface area contributed by atoms with Crippen molar-refractivity contribution in [3.8, 4) is 11.1 Å². The van der Waals surface area contributed by atoms with Crippen LogP contribution in [0.15, 0.2) is 73.1 Å². The van der Waals surface area contributed by atoms with Gasteiger partial charge in [0, 0.05) is 18.0 Å². The number of aliphatic hydroxyl groups excluding tert-OH is 1. The molecule has 1 unspecified atom stereocenters. The number of aliphatic carboxylic acids is 1. The molecule has 3 N–H and O–H groups in total. The third-order valence-corrected chi connectivity index (χ3v) is 5.18. The molecule has 0 bridgehead atoms. The number of hydrogen-bond donors (Lipinski definition) is 3. The Hall–Kier alpha value is -3.51. The molecule has 0 aliphatic heterocycles. The van der Waals surface area contributed by atoms with Gasteiger partial charge in [-0.3, -0.25) is 9.78 Å². The van der Waals surface area contributed by atoms with E-state index < -0.39 is 24.0 Å². The van der Waals surface area contributed by atoms with Crippen LogP contribution in [0.2, 0.25) is 0 Å². The molecule has 0 aliphatic carbocycles. The summed E-state index contributed by atoms with van der Waals surface area (Å²) in [5.74, 6) is -1.57. The molecule has 2 aromatic carbocycles. The van der Waals surface area contributed by atoms with E-state index in [0.717, 1.165) is 22.3 Å². The molecule has 0 saturated heterocycles. The maximum absolute atomic E-state index is 13.0. The van der Waals surface area contributed by atoms with Gasteiger partial charge >= 0.3 is 5.97 Å². The summed E-state index contributed by atoms with van der Waals surface area (Å²) in [5, 5.41) is 22.2. The summed E-state index contributed by atoms with van der Waals surface area (Å²) in [7, 11) is 0. The van der Waals surface area contributed by atoms with E-state index >= 15 is 0 Å². The normalized spacial score (nSPS) is 12.9. The number of hydrogen-bond acceptors (Lipinski definition) is 4. The molecule has 0 aliphatic rings. The zero-order valence-electron chi connectivity index (χ0n) is 17.5. The average Bonchev–Trinajstić information content (AvgIpc) is 2.78. The van der Waals surface area contributed by atoms with Gasteiger partial charge in [0.25, 0.3) is 5.91 Å². The van der Waals surface area contributed by atoms with Gasteiger partial charge in [0.05, 0.1) is 6.04 Å². The van der Waals surface area contributed by atoms with Crippen molar-refractivity contribution in [2.45, 2.75) is 38.3 Å². The number of aliphatic hydroxyl groups is 1. The van der Waals surface area contributed by atoms with E-state index in [-0.39, 0.29) is 12.3 Å². The maximum Gasteiger partial charge on any atom is 0.334 e. The molecule has 3 aromatic rings. The lowest BCUT2D eigenvalue weighted by molar-refractivity contribution is -0.148. The van der Waals surface area contributed by atoms with Gasteiger partial charge in [0.1, 0.15) is 0 Å². The number of aromatic nitrogens is 1. The second-order valence-corrected chi connectivity index (χ2v) is 7.75. The average molecular weight is 418 g/mol. The first-order valence-corrected chi connectivity index (χ1v) is 10.2. The van der Waals surface area contributed by atoms with Crippen LogP contribution in [0.25, 0.3) is 11.1 Å². The topological polar surface area (TPSA) is 99.5 Å². The highest BCUT2D eigenvalue weighted by Gasteiger charge is 2.28. The maximum atomic E-state index is 13.0. The predicted octanol–water partition coefficient (Wildman–Crippen LogP) is 3.66. The number of nitrogens with zero attached hydrogens (tertiary/aromatic N) is 1. The number of benzene rings is 2. The Morgan fingerprint density at radius 1 is 1.00 bits per heavy atom. The van der Waals surface area contributed by atoms with Crippen molar-refractivity contribution >= 4 is 11.9 Å². The van der Waals surface area contributed by atoms with E-state index in [1.165, 1.54) is 0 Å². The SMILES string of the molecule is CC(C)c1ccc(C(=O)N[C@H](Cc2ccccc2)C(O)C(=O)O)cc1-c1ccncc1. The summed E-state index contributed by atoms with van der Waals surface area (Å²) >= 11 is 0. The van der Waals surface area contributed by atoms with Gasteiger partial charge in [-0.1, -0.05) is 50.2 Å². The first-order valence-electron chi connectivity index (χ1n) is 10.2. The number of carbonyl (C=O) groups excluding carboxylic acids is 1. The van der Waals surface area contributed by atoms with Gasteiger partial charge in [-0.15, -0.1) is 0 Å². The molecule has 31 heavy (non-hydrogen) atoms. The van der Waals surface area contributed by atoms with Crippen LogP contribution in [-0.2, 0) is 11.2 Å². The summed E-state index contributed by atoms with van der Waals surface area (Å²) in [5.41, 5.74) is 4.17. The van der Waals surface area contributed by atoms with E-state index in [2.05, 4.69) is 24.1 Å². The Balaban J connectivity index is 1.90. The van der Waals surface area contributed by atoms with Crippen molar-refractivity contribution < 1.29 is 19.8 Å². The molecule has 1 amide bonds. The Morgan fingerprint density at radius 2 is 1.68 bits per heavy atom. The molecule has 0 fully saturated rings. The lowest BCUT2D eigenvalue weighted by Crippen LogP contribution is -2.48. The van der Waals surface area contributed by atoms with Crippen LogP contribution in [0, 0.1) is 0 Å². The zero-order chi connectivity index (χ0) is 22.4. The largest absolute Gasteiger partial charge is 0.479 e. The molecule has 1 aromatic heterocycles. The van der Waals surface area contributed by atoms with Crippen molar-refractivity contribution in [1.82, 2.24) is 10.3 Å². The first-order chi connectivity index (χ1) is 14.9.